The van der Waals surface area contributed by atoms with Crippen molar-refractivity contribution in [3.8, 4) is 0 Å². The molecule has 2 rings (SSSR count). The lowest BCUT2D eigenvalue weighted by molar-refractivity contribution is 0.300. The lowest BCUT2D eigenvalue weighted by atomic mass is 10.0. The highest BCUT2D eigenvalue weighted by Gasteiger charge is 2.18. The molecule has 0 radical (unpaired) electrons. The molecule has 1 atom stereocenters. The molecule has 0 spiro atoms. The van der Waals surface area contributed by atoms with Crippen LogP contribution in [-0.2, 0) is 16.4 Å². The van der Waals surface area contributed by atoms with Crippen LogP contribution in [-0.4, -0.2) is 26.7 Å². The van der Waals surface area contributed by atoms with E-state index >= 15 is 0 Å². The lowest BCUT2D eigenvalue weighted by Crippen LogP contribution is -2.27. The van der Waals surface area contributed by atoms with Crippen LogP contribution in [0.3, 0.4) is 0 Å². The largest absolute Gasteiger partial charge is 0.396 e. The molecule has 0 aliphatic rings. The predicted molar refractivity (Wildman–Crippen MR) is 85.2 cm³/mol. The second-order valence-electron chi connectivity index (χ2n) is 4.86. The van der Waals surface area contributed by atoms with Crippen LogP contribution in [0.2, 0.25) is 0 Å². The summed E-state index contributed by atoms with van der Waals surface area (Å²) in [7, 11) is -3.47. The van der Waals surface area contributed by atoms with Crippen LogP contribution in [0.4, 0.5) is 0 Å². The van der Waals surface area contributed by atoms with Crippen LogP contribution in [0.25, 0.3) is 0 Å². The van der Waals surface area contributed by atoms with Gasteiger partial charge in [-0.05, 0) is 23.6 Å². The summed E-state index contributed by atoms with van der Waals surface area (Å²) >= 11 is 1.20. The fraction of sp³-hybridized carbons (Fsp3) is 0.333. The first-order valence-electron chi connectivity index (χ1n) is 6.77. The van der Waals surface area contributed by atoms with Crippen LogP contribution in [0.1, 0.15) is 23.3 Å². The van der Waals surface area contributed by atoms with Gasteiger partial charge in [0, 0.05) is 24.4 Å². The Morgan fingerprint density at radius 2 is 1.90 bits per heavy atom. The number of benzene rings is 1. The van der Waals surface area contributed by atoms with Gasteiger partial charge in [-0.3, -0.25) is 0 Å². The molecule has 1 aromatic carbocycles. The zero-order chi connectivity index (χ0) is 15.3. The van der Waals surface area contributed by atoms with E-state index in [-0.39, 0.29) is 12.5 Å². The smallest absolute Gasteiger partial charge is 0.250 e. The first-order chi connectivity index (χ1) is 10.0. The van der Waals surface area contributed by atoms with Gasteiger partial charge in [0.15, 0.2) is 0 Å². The van der Waals surface area contributed by atoms with Gasteiger partial charge in [-0.15, -0.1) is 11.3 Å². The summed E-state index contributed by atoms with van der Waals surface area (Å²) < 4.78 is 27.4. The lowest BCUT2D eigenvalue weighted by Gasteiger charge is -2.12. The van der Waals surface area contributed by atoms with Gasteiger partial charge in [0.1, 0.15) is 4.21 Å². The maximum absolute atomic E-state index is 12.2. The van der Waals surface area contributed by atoms with Crippen molar-refractivity contribution in [3.05, 3.63) is 52.9 Å². The number of nitrogens with one attached hydrogen (secondary N) is 1. The van der Waals surface area contributed by atoms with Crippen LogP contribution in [0.15, 0.2) is 46.7 Å². The minimum Gasteiger partial charge on any atom is -0.396 e. The fourth-order valence-corrected chi connectivity index (χ4v) is 4.47. The van der Waals surface area contributed by atoms with Crippen LogP contribution in [0.5, 0.6) is 0 Å². The molecule has 114 valence electrons. The third kappa shape index (κ3) is 4.38. The molecule has 0 saturated heterocycles. The van der Waals surface area contributed by atoms with Crippen molar-refractivity contribution >= 4 is 21.4 Å². The van der Waals surface area contributed by atoms with Crippen molar-refractivity contribution in [1.29, 1.82) is 0 Å². The van der Waals surface area contributed by atoms with Gasteiger partial charge in [-0.1, -0.05) is 37.3 Å². The van der Waals surface area contributed by atoms with E-state index in [2.05, 4.69) is 4.72 Å². The average molecular weight is 325 g/mol. The summed E-state index contributed by atoms with van der Waals surface area (Å²) in [6.07, 6.45) is 0.487. The number of hydrogen-bond acceptors (Lipinski definition) is 4. The van der Waals surface area contributed by atoms with Crippen molar-refractivity contribution in [3.63, 3.8) is 0 Å². The van der Waals surface area contributed by atoms with Crippen LogP contribution >= 0.6 is 11.3 Å². The molecule has 21 heavy (non-hydrogen) atoms. The molecule has 6 heteroatoms. The Hall–Kier alpha value is -1.21. The molecule has 0 saturated carbocycles. The fourth-order valence-electron chi connectivity index (χ4n) is 1.95. The number of rotatable bonds is 7. The average Bonchev–Trinajstić information content (AvgIpc) is 2.96. The number of thiophene rings is 1. The maximum atomic E-state index is 12.2. The van der Waals surface area contributed by atoms with Crippen molar-refractivity contribution < 1.29 is 13.5 Å². The molecule has 2 N–H and O–H groups in total. The van der Waals surface area contributed by atoms with E-state index in [1.165, 1.54) is 11.3 Å². The van der Waals surface area contributed by atoms with E-state index < -0.39 is 10.0 Å². The van der Waals surface area contributed by atoms with Crippen molar-refractivity contribution in [1.82, 2.24) is 4.72 Å². The number of aliphatic hydroxyl groups is 1. The highest BCUT2D eigenvalue weighted by Crippen LogP contribution is 2.22. The Balaban J connectivity index is 2.00. The summed E-state index contributed by atoms with van der Waals surface area (Å²) in [6.45, 7) is 2.38. The van der Waals surface area contributed by atoms with Gasteiger partial charge in [-0.25, -0.2) is 13.1 Å². The molecule has 2 aromatic rings. The molecule has 0 fully saturated rings. The summed E-state index contributed by atoms with van der Waals surface area (Å²) in [5.74, 6) is 0.109. The maximum Gasteiger partial charge on any atom is 0.250 e. The summed E-state index contributed by atoms with van der Waals surface area (Å²) in [6, 6.07) is 13.1. The minimum absolute atomic E-state index is 0.0263. The van der Waals surface area contributed by atoms with Crippen molar-refractivity contribution in [2.45, 2.75) is 23.5 Å². The molecule has 0 bridgehead atoms. The van der Waals surface area contributed by atoms with Gasteiger partial charge >= 0.3 is 0 Å². The van der Waals surface area contributed by atoms with Gasteiger partial charge in [0.2, 0.25) is 10.0 Å². The Morgan fingerprint density at radius 3 is 2.57 bits per heavy atom. The molecule has 0 amide bonds. The summed E-state index contributed by atoms with van der Waals surface area (Å²) in [5, 5.41) is 8.88. The number of hydrogen-bond donors (Lipinski definition) is 2. The molecular weight excluding hydrogens is 306 g/mol. The molecule has 0 aliphatic carbocycles. The highest BCUT2D eigenvalue weighted by atomic mass is 32.2. The Labute approximate surface area is 129 Å². The molecule has 4 nitrogen and oxygen atoms in total. The number of aliphatic hydroxyl groups excluding tert-OH is 1. The monoisotopic (exact) mass is 325 g/mol. The molecule has 1 unspecified atom stereocenters. The summed E-state index contributed by atoms with van der Waals surface area (Å²) in [4.78, 5) is 0.869. The second kappa shape index (κ2) is 7.17. The zero-order valence-corrected chi connectivity index (χ0v) is 13.5. The van der Waals surface area contributed by atoms with Gasteiger partial charge in [0.25, 0.3) is 0 Å². The number of sulfonamides is 1. The predicted octanol–water partition coefficient (Wildman–Crippen LogP) is 2.36. The van der Waals surface area contributed by atoms with Crippen molar-refractivity contribution in [2.75, 3.05) is 13.2 Å². The van der Waals surface area contributed by atoms with Gasteiger partial charge < -0.3 is 5.11 Å². The quantitative estimate of drug-likeness (QED) is 0.821. The zero-order valence-electron chi connectivity index (χ0n) is 11.8. The SMILES string of the molecule is CC(CNS(=O)(=O)c1ccc(CCO)s1)c1ccccc1. The first kappa shape index (κ1) is 16.2. The Morgan fingerprint density at radius 1 is 1.19 bits per heavy atom. The van der Waals surface area contributed by atoms with Gasteiger partial charge in [0.05, 0.1) is 0 Å². The molecule has 1 aromatic heterocycles. The Kier molecular flexibility index (Phi) is 5.52. The van der Waals surface area contributed by atoms with E-state index in [1.54, 1.807) is 12.1 Å². The molecule has 0 aliphatic heterocycles. The minimum atomic E-state index is -3.47. The Bertz CT molecular complexity index is 665. The highest BCUT2D eigenvalue weighted by molar-refractivity contribution is 7.91. The molecule has 1 heterocycles. The standard InChI is InChI=1S/C15H19NO3S2/c1-12(13-5-3-2-4-6-13)11-16-21(18,19)15-8-7-14(20-15)9-10-17/h2-8,12,16-17H,9-11H2,1H3. The van der Waals surface area contributed by atoms with E-state index in [0.717, 1.165) is 10.4 Å². The van der Waals surface area contributed by atoms with Gasteiger partial charge in [-0.2, -0.15) is 0 Å². The van der Waals surface area contributed by atoms with Crippen LogP contribution in [0, 0.1) is 0 Å². The topological polar surface area (TPSA) is 66.4 Å². The van der Waals surface area contributed by atoms with E-state index in [4.69, 9.17) is 5.11 Å². The van der Waals surface area contributed by atoms with E-state index in [1.807, 2.05) is 37.3 Å². The van der Waals surface area contributed by atoms with E-state index in [0.29, 0.717) is 17.2 Å². The second-order valence-corrected chi connectivity index (χ2v) is 8.02. The normalized spacial score (nSPS) is 13.2. The molecular formula is C15H19NO3S2. The third-order valence-electron chi connectivity index (χ3n) is 3.21. The summed E-state index contributed by atoms with van der Waals surface area (Å²) in [5.41, 5.74) is 1.10. The van der Waals surface area contributed by atoms with Crippen molar-refractivity contribution in [2.24, 2.45) is 0 Å². The van der Waals surface area contributed by atoms with E-state index in [9.17, 15) is 8.42 Å². The third-order valence-corrected chi connectivity index (χ3v) is 6.27. The van der Waals surface area contributed by atoms with Crippen LogP contribution < -0.4 is 4.72 Å². The first-order valence-corrected chi connectivity index (χ1v) is 9.07.